The smallest absolute Gasteiger partial charge is 0.235 e. The number of nitriles is 1. The van der Waals surface area contributed by atoms with Crippen LogP contribution in [0, 0.1) is 25.2 Å². The van der Waals surface area contributed by atoms with Gasteiger partial charge in [0, 0.05) is 6.04 Å². The second-order valence-electron chi connectivity index (χ2n) is 7.85. The van der Waals surface area contributed by atoms with E-state index in [1.54, 1.807) is 0 Å². The summed E-state index contributed by atoms with van der Waals surface area (Å²) < 4.78 is 0. The number of nitrogens with one attached hydrogen (secondary N) is 1. The van der Waals surface area contributed by atoms with Crippen molar-refractivity contribution in [1.82, 2.24) is 10.2 Å². The third kappa shape index (κ3) is 4.22. The molecule has 1 aliphatic carbocycles. The van der Waals surface area contributed by atoms with Crippen LogP contribution in [0.4, 0.5) is 0 Å². The van der Waals surface area contributed by atoms with Crippen molar-refractivity contribution in [3.8, 4) is 6.07 Å². The number of hydrogen-bond donors (Lipinski definition) is 1. The van der Waals surface area contributed by atoms with Crippen LogP contribution in [0.25, 0.3) is 0 Å². The molecule has 0 spiro atoms. The Morgan fingerprint density at radius 1 is 1.20 bits per heavy atom. The summed E-state index contributed by atoms with van der Waals surface area (Å²) in [6, 6.07) is 9.37. The van der Waals surface area contributed by atoms with E-state index < -0.39 is 5.54 Å². The molecule has 0 radical (unpaired) electrons. The number of rotatable bonds is 4. The summed E-state index contributed by atoms with van der Waals surface area (Å²) in [5.74, 6) is -0.000255. The zero-order chi connectivity index (χ0) is 17.9. The Bertz CT molecular complexity index is 650. The maximum atomic E-state index is 12.6. The number of carbonyl (C=O) groups is 1. The topological polar surface area (TPSA) is 56.1 Å². The maximum Gasteiger partial charge on any atom is 0.235 e. The van der Waals surface area contributed by atoms with E-state index in [1.165, 1.54) is 23.1 Å². The minimum atomic E-state index is -0.634. The predicted octanol–water partition coefficient (Wildman–Crippen LogP) is 3.78. The van der Waals surface area contributed by atoms with Gasteiger partial charge in [0.2, 0.25) is 5.91 Å². The van der Waals surface area contributed by atoms with Crippen LogP contribution in [0.1, 0.15) is 67.7 Å². The van der Waals surface area contributed by atoms with Gasteiger partial charge in [0.1, 0.15) is 5.54 Å². The van der Waals surface area contributed by atoms with Gasteiger partial charge in [0.05, 0.1) is 12.6 Å². The Morgan fingerprint density at radius 3 is 2.52 bits per heavy atom. The summed E-state index contributed by atoms with van der Waals surface area (Å²) in [5, 5.41) is 12.6. The van der Waals surface area contributed by atoms with Crippen LogP contribution in [0.15, 0.2) is 18.2 Å². The molecule has 1 aromatic rings. The second-order valence-corrected chi connectivity index (χ2v) is 7.85. The van der Waals surface area contributed by atoms with E-state index in [9.17, 15) is 10.1 Å². The summed E-state index contributed by atoms with van der Waals surface area (Å²) in [4.78, 5) is 14.9. The molecule has 2 aliphatic rings. The SMILES string of the molecule is Cc1cc(C)cc(C2CCCN2CC(=O)NC2(C#N)CCCCC2)c1. The quantitative estimate of drug-likeness (QED) is 0.908. The van der Waals surface area contributed by atoms with Crippen LogP contribution >= 0.6 is 0 Å². The van der Waals surface area contributed by atoms with Crippen molar-refractivity contribution in [3.05, 3.63) is 34.9 Å². The molecule has 1 aromatic carbocycles. The van der Waals surface area contributed by atoms with Crippen molar-refractivity contribution in [2.75, 3.05) is 13.1 Å². The zero-order valence-corrected chi connectivity index (χ0v) is 15.5. The predicted molar refractivity (Wildman–Crippen MR) is 99.0 cm³/mol. The second kappa shape index (κ2) is 7.58. The summed E-state index contributed by atoms with van der Waals surface area (Å²) in [6.45, 7) is 5.59. The maximum absolute atomic E-state index is 12.6. The summed E-state index contributed by atoms with van der Waals surface area (Å²) in [5.41, 5.74) is 3.23. The van der Waals surface area contributed by atoms with Gasteiger partial charge >= 0.3 is 0 Å². The molecule has 2 fully saturated rings. The normalized spacial score (nSPS) is 23.2. The van der Waals surface area contributed by atoms with Crippen molar-refractivity contribution in [1.29, 1.82) is 5.26 Å². The molecular formula is C21H29N3O. The number of benzene rings is 1. The molecule has 0 aromatic heterocycles. The number of likely N-dealkylation sites (tertiary alicyclic amines) is 1. The van der Waals surface area contributed by atoms with Crippen molar-refractivity contribution in [3.63, 3.8) is 0 Å². The highest BCUT2D eigenvalue weighted by molar-refractivity contribution is 5.79. The van der Waals surface area contributed by atoms with E-state index in [4.69, 9.17) is 0 Å². The van der Waals surface area contributed by atoms with Gasteiger partial charge in [0.25, 0.3) is 0 Å². The molecule has 1 amide bonds. The van der Waals surface area contributed by atoms with E-state index in [1.807, 2.05) is 0 Å². The van der Waals surface area contributed by atoms with Crippen LogP contribution in [-0.2, 0) is 4.79 Å². The lowest BCUT2D eigenvalue weighted by atomic mass is 9.83. The van der Waals surface area contributed by atoms with Gasteiger partial charge in [-0.2, -0.15) is 5.26 Å². The first-order valence-corrected chi connectivity index (χ1v) is 9.56. The van der Waals surface area contributed by atoms with Crippen LogP contribution in [0.2, 0.25) is 0 Å². The number of carbonyl (C=O) groups excluding carboxylic acids is 1. The Morgan fingerprint density at radius 2 is 1.88 bits per heavy atom. The third-order valence-corrected chi connectivity index (χ3v) is 5.64. The lowest BCUT2D eigenvalue weighted by Crippen LogP contribution is -2.51. The van der Waals surface area contributed by atoms with Gasteiger partial charge in [-0.25, -0.2) is 0 Å². The molecule has 4 heteroatoms. The molecule has 134 valence electrons. The number of nitrogens with zero attached hydrogens (tertiary/aromatic N) is 2. The van der Waals surface area contributed by atoms with Gasteiger partial charge in [0.15, 0.2) is 0 Å². The monoisotopic (exact) mass is 339 g/mol. The molecule has 1 aliphatic heterocycles. The van der Waals surface area contributed by atoms with Gasteiger partial charge < -0.3 is 5.32 Å². The largest absolute Gasteiger partial charge is 0.337 e. The number of amides is 1. The molecule has 1 saturated heterocycles. The summed E-state index contributed by atoms with van der Waals surface area (Å²) >= 11 is 0. The summed E-state index contributed by atoms with van der Waals surface area (Å²) in [7, 11) is 0. The summed E-state index contributed by atoms with van der Waals surface area (Å²) in [6.07, 6.45) is 7.02. The first-order valence-electron chi connectivity index (χ1n) is 9.56. The van der Waals surface area contributed by atoms with Crippen molar-refractivity contribution >= 4 is 5.91 Å². The average Bonchev–Trinajstić information content (AvgIpc) is 3.02. The molecule has 0 bridgehead atoms. The molecule has 25 heavy (non-hydrogen) atoms. The molecule has 1 heterocycles. The van der Waals surface area contributed by atoms with E-state index in [2.05, 4.69) is 48.3 Å². The van der Waals surface area contributed by atoms with Crippen LogP contribution < -0.4 is 5.32 Å². The Labute approximate surface area is 151 Å². The Kier molecular flexibility index (Phi) is 5.44. The number of aryl methyl sites for hydroxylation is 2. The fourth-order valence-corrected chi connectivity index (χ4v) is 4.51. The highest BCUT2D eigenvalue weighted by atomic mass is 16.2. The highest BCUT2D eigenvalue weighted by Gasteiger charge is 2.35. The van der Waals surface area contributed by atoms with Gasteiger partial charge in [-0.15, -0.1) is 0 Å². The third-order valence-electron chi connectivity index (χ3n) is 5.64. The van der Waals surface area contributed by atoms with Gasteiger partial charge in [-0.3, -0.25) is 9.69 Å². The molecule has 4 nitrogen and oxygen atoms in total. The molecule has 1 N–H and O–H groups in total. The average molecular weight is 339 g/mol. The standard InChI is InChI=1S/C21H29N3O/c1-16-11-17(2)13-18(12-16)19-7-6-10-24(19)14-20(25)23-21(15-22)8-4-3-5-9-21/h11-13,19H,3-10,14H2,1-2H3,(H,23,25). The fraction of sp³-hybridized carbons (Fsp3) is 0.619. The van der Waals surface area contributed by atoms with Crippen molar-refractivity contribution in [2.45, 2.75) is 70.4 Å². The van der Waals surface area contributed by atoms with E-state index in [0.29, 0.717) is 12.6 Å². The van der Waals surface area contributed by atoms with Crippen LogP contribution in [-0.4, -0.2) is 29.4 Å². The highest BCUT2D eigenvalue weighted by Crippen LogP contribution is 2.33. The minimum absolute atomic E-state index is 0.000255. The van der Waals surface area contributed by atoms with E-state index >= 15 is 0 Å². The number of hydrogen-bond acceptors (Lipinski definition) is 3. The molecule has 1 saturated carbocycles. The van der Waals surface area contributed by atoms with E-state index in [0.717, 1.165) is 45.1 Å². The lowest BCUT2D eigenvalue weighted by molar-refractivity contribution is -0.124. The zero-order valence-electron chi connectivity index (χ0n) is 15.5. The Hall–Kier alpha value is -1.86. The fourth-order valence-electron chi connectivity index (χ4n) is 4.51. The van der Waals surface area contributed by atoms with Gasteiger partial charge in [-0.1, -0.05) is 48.6 Å². The first kappa shape index (κ1) is 17.9. The Balaban J connectivity index is 1.67. The minimum Gasteiger partial charge on any atom is -0.337 e. The van der Waals surface area contributed by atoms with Crippen molar-refractivity contribution < 1.29 is 4.79 Å². The lowest BCUT2D eigenvalue weighted by Gasteiger charge is -2.33. The van der Waals surface area contributed by atoms with Gasteiger partial charge in [-0.05, 0) is 51.6 Å². The molecular weight excluding hydrogens is 310 g/mol. The molecule has 1 atom stereocenters. The van der Waals surface area contributed by atoms with E-state index in [-0.39, 0.29) is 5.91 Å². The molecule has 1 unspecified atom stereocenters. The van der Waals surface area contributed by atoms with Crippen LogP contribution in [0.3, 0.4) is 0 Å². The molecule has 3 rings (SSSR count). The first-order chi connectivity index (χ1) is 12.0. The van der Waals surface area contributed by atoms with Crippen LogP contribution in [0.5, 0.6) is 0 Å². The van der Waals surface area contributed by atoms with Crippen molar-refractivity contribution in [2.24, 2.45) is 0 Å².